The van der Waals surface area contributed by atoms with Gasteiger partial charge in [-0.1, -0.05) is 54.9 Å². The van der Waals surface area contributed by atoms with Crippen molar-refractivity contribution >= 4 is 55.9 Å². The molecule has 3 aliphatic rings. The molecule has 5 nitrogen and oxygen atoms in total. The molecule has 36 heavy (non-hydrogen) atoms. The molecular formula is C30H24BrNO4. The van der Waals surface area contributed by atoms with Crippen molar-refractivity contribution < 1.29 is 19.1 Å². The summed E-state index contributed by atoms with van der Waals surface area (Å²) in [6, 6.07) is 9.25. The number of fused-ring (bicyclic) bond motifs is 6. The van der Waals surface area contributed by atoms with Crippen LogP contribution in [0.1, 0.15) is 50.3 Å². The Labute approximate surface area is 217 Å². The van der Waals surface area contributed by atoms with Crippen LogP contribution in [0, 0.1) is 11.3 Å². The Morgan fingerprint density at radius 1 is 1.08 bits per heavy atom. The Balaban J connectivity index is 1.67. The predicted molar refractivity (Wildman–Crippen MR) is 142 cm³/mol. The Morgan fingerprint density at radius 2 is 1.81 bits per heavy atom. The molecule has 0 saturated heterocycles. The molecule has 1 N–H and O–H groups in total. The summed E-state index contributed by atoms with van der Waals surface area (Å²) in [5.74, 6) is -1.50. The molecule has 2 aromatic carbocycles. The molecule has 6 heteroatoms. The Bertz CT molecular complexity index is 1610. The molecule has 3 aliphatic carbocycles. The number of Topliss-reactive ketones (excluding diaryl/α,β-unsaturated/α-hetero) is 2. The Morgan fingerprint density at radius 3 is 2.50 bits per heavy atom. The van der Waals surface area contributed by atoms with Crippen LogP contribution >= 0.6 is 15.9 Å². The number of carbonyl (C=O) groups is 3. The molecule has 2 atom stereocenters. The smallest absolute Gasteiger partial charge is 0.308 e. The van der Waals surface area contributed by atoms with E-state index in [4.69, 9.17) is 4.74 Å². The van der Waals surface area contributed by atoms with Crippen molar-refractivity contribution in [1.29, 1.82) is 0 Å². The van der Waals surface area contributed by atoms with Gasteiger partial charge in [-0.05, 0) is 46.6 Å². The summed E-state index contributed by atoms with van der Waals surface area (Å²) >= 11 is 3.44. The highest BCUT2D eigenvalue weighted by molar-refractivity contribution is 9.10. The first-order valence-electron chi connectivity index (χ1n) is 11.9. The summed E-state index contributed by atoms with van der Waals surface area (Å²) < 4.78 is 6.52. The summed E-state index contributed by atoms with van der Waals surface area (Å²) in [6.45, 7) is 7.47. The van der Waals surface area contributed by atoms with E-state index < -0.39 is 23.2 Å². The highest BCUT2D eigenvalue weighted by atomic mass is 79.9. The molecule has 0 bridgehead atoms. The highest BCUT2D eigenvalue weighted by Crippen LogP contribution is 2.58. The number of hydrogen-bond acceptors (Lipinski definition) is 4. The number of esters is 1. The number of ketones is 2. The quantitative estimate of drug-likeness (QED) is 0.227. The maximum atomic E-state index is 14.2. The van der Waals surface area contributed by atoms with Crippen LogP contribution in [-0.4, -0.2) is 22.5 Å². The summed E-state index contributed by atoms with van der Waals surface area (Å²) in [5.41, 5.74) is 5.14. The van der Waals surface area contributed by atoms with Gasteiger partial charge in [0, 0.05) is 62.6 Å². The van der Waals surface area contributed by atoms with E-state index in [9.17, 15) is 14.4 Å². The van der Waals surface area contributed by atoms with Crippen molar-refractivity contribution in [3.8, 4) is 5.75 Å². The third-order valence-corrected chi connectivity index (χ3v) is 8.10. The van der Waals surface area contributed by atoms with E-state index >= 15 is 0 Å². The van der Waals surface area contributed by atoms with Gasteiger partial charge in [0.25, 0.3) is 0 Å². The second kappa shape index (κ2) is 7.74. The number of H-pyrrole nitrogens is 1. The first-order chi connectivity index (χ1) is 17.1. The molecule has 0 amide bonds. The van der Waals surface area contributed by atoms with E-state index in [1.54, 1.807) is 0 Å². The fourth-order valence-corrected chi connectivity index (χ4v) is 6.17. The average molecular weight is 542 g/mol. The maximum Gasteiger partial charge on any atom is 0.308 e. The largest absolute Gasteiger partial charge is 0.426 e. The van der Waals surface area contributed by atoms with Crippen molar-refractivity contribution in [3.05, 3.63) is 86.7 Å². The monoisotopic (exact) mass is 541 g/mol. The van der Waals surface area contributed by atoms with Gasteiger partial charge in [-0.25, -0.2) is 0 Å². The minimum atomic E-state index is -0.863. The molecule has 0 aliphatic heterocycles. The summed E-state index contributed by atoms with van der Waals surface area (Å²) in [4.78, 5) is 43.0. The lowest BCUT2D eigenvalue weighted by molar-refractivity contribution is -0.132. The molecular weight excluding hydrogens is 518 g/mol. The fraction of sp³-hybridized carbons (Fsp3) is 0.233. The molecule has 1 heterocycles. The first kappa shape index (κ1) is 22.9. The fourth-order valence-electron chi connectivity index (χ4n) is 5.91. The number of aromatic nitrogens is 1. The predicted octanol–water partition coefficient (Wildman–Crippen LogP) is 6.54. The number of benzene rings is 2. The van der Waals surface area contributed by atoms with Crippen molar-refractivity contribution in [3.63, 3.8) is 0 Å². The van der Waals surface area contributed by atoms with Crippen molar-refractivity contribution in [1.82, 2.24) is 4.98 Å². The van der Waals surface area contributed by atoms with E-state index in [1.807, 2.05) is 55.7 Å². The van der Waals surface area contributed by atoms with E-state index in [2.05, 4.69) is 40.8 Å². The summed E-state index contributed by atoms with van der Waals surface area (Å²) in [7, 11) is 0. The van der Waals surface area contributed by atoms with Crippen LogP contribution in [0.3, 0.4) is 0 Å². The van der Waals surface area contributed by atoms with Gasteiger partial charge >= 0.3 is 5.97 Å². The SMILES string of the molecule is CC(=O)Oc1cc2c[nH]cc2c2c1C=C1C2=C2C(=O)C(c3ccc(Br)cc3)C(=O)C(C)C2=CC1(C)C. The Kier molecular flexibility index (Phi) is 4.93. The average Bonchev–Trinajstić information content (AvgIpc) is 3.44. The van der Waals surface area contributed by atoms with Crippen LogP contribution in [0.2, 0.25) is 0 Å². The molecule has 6 rings (SSSR count). The molecule has 0 spiro atoms. The number of rotatable bonds is 2. The maximum absolute atomic E-state index is 14.2. The lowest BCUT2D eigenvalue weighted by Gasteiger charge is -2.39. The number of nitrogens with one attached hydrogen (secondary N) is 1. The van der Waals surface area contributed by atoms with Crippen LogP contribution < -0.4 is 4.74 Å². The normalized spacial score (nSPS) is 22.1. The zero-order valence-electron chi connectivity index (χ0n) is 20.4. The van der Waals surface area contributed by atoms with Gasteiger partial charge in [-0.3, -0.25) is 14.4 Å². The lowest BCUT2D eigenvalue weighted by atomic mass is 9.62. The van der Waals surface area contributed by atoms with Crippen LogP contribution in [0.15, 0.2) is 70.0 Å². The van der Waals surface area contributed by atoms with E-state index in [-0.39, 0.29) is 11.6 Å². The Hall–Kier alpha value is -3.51. The molecule has 3 aromatic rings. The van der Waals surface area contributed by atoms with Crippen molar-refractivity contribution in [2.75, 3.05) is 0 Å². The topological polar surface area (TPSA) is 76.2 Å². The van der Waals surface area contributed by atoms with Gasteiger partial charge in [0.15, 0.2) is 11.6 Å². The van der Waals surface area contributed by atoms with Gasteiger partial charge in [0.2, 0.25) is 0 Å². The zero-order valence-corrected chi connectivity index (χ0v) is 21.9. The van der Waals surface area contributed by atoms with Gasteiger partial charge in [0.05, 0.1) is 0 Å². The van der Waals surface area contributed by atoms with Crippen molar-refractivity contribution in [2.24, 2.45) is 11.3 Å². The van der Waals surface area contributed by atoms with Gasteiger partial charge in [-0.2, -0.15) is 0 Å². The summed E-state index contributed by atoms with van der Waals surface area (Å²) in [6.07, 6.45) is 7.88. The minimum absolute atomic E-state index is 0.0835. The molecule has 1 saturated carbocycles. The number of halogens is 1. The van der Waals surface area contributed by atoms with E-state index in [1.165, 1.54) is 6.92 Å². The number of hydrogen-bond donors (Lipinski definition) is 1. The van der Waals surface area contributed by atoms with Crippen LogP contribution in [0.4, 0.5) is 0 Å². The zero-order chi connectivity index (χ0) is 25.5. The molecule has 2 unspecified atom stereocenters. The van der Waals surface area contributed by atoms with E-state index in [0.29, 0.717) is 16.9 Å². The number of allylic oxidation sites excluding steroid dienone is 5. The molecule has 0 radical (unpaired) electrons. The van der Waals surface area contributed by atoms with Gasteiger partial charge < -0.3 is 9.72 Å². The third-order valence-electron chi connectivity index (χ3n) is 7.57. The van der Waals surface area contributed by atoms with Gasteiger partial charge in [0.1, 0.15) is 11.7 Å². The summed E-state index contributed by atoms with van der Waals surface area (Å²) in [5, 5.41) is 1.84. The van der Waals surface area contributed by atoms with Crippen LogP contribution in [0.25, 0.3) is 22.4 Å². The second-order valence-corrected chi connectivity index (χ2v) is 11.2. The highest BCUT2D eigenvalue weighted by Gasteiger charge is 2.49. The third kappa shape index (κ3) is 3.17. The van der Waals surface area contributed by atoms with Crippen molar-refractivity contribution in [2.45, 2.75) is 33.6 Å². The number of aromatic amines is 1. The minimum Gasteiger partial charge on any atom is -0.426 e. The number of ether oxygens (including phenoxy) is 1. The van der Waals surface area contributed by atoms with Gasteiger partial charge in [-0.15, -0.1) is 0 Å². The van der Waals surface area contributed by atoms with Crippen LogP contribution in [-0.2, 0) is 14.4 Å². The van der Waals surface area contributed by atoms with Crippen LogP contribution in [0.5, 0.6) is 5.75 Å². The molecule has 1 aromatic heterocycles. The molecule has 1 fully saturated rings. The van der Waals surface area contributed by atoms with E-state index in [0.717, 1.165) is 43.1 Å². The lowest BCUT2D eigenvalue weighted by Crippen LogP contribution is -2.39. The first-order valence-corrected chi connectivity index (χ1v) is 12.7. The second-order valence-electron chi connectivity index (χ2n) is 10.3. The number of carbonyl (C=O) groups excluding carboxylic acids is 3. The standard InChI is InChI=1S/C30H24BrNO4/c1-14-20-11-30(3,4)22-10-19-23(36-15(2)33)9-17-12-32-13-21(17)25(19)27(22)26(20)29(35)24(28(14)34)16-5-7-18(31)8-6-16/h5-14,24,32H,1-4H3. The molecule has 180 valence electrons.